The molecule has 0 unspecified atom stereocenters. The van der Waals surface area contributed by atoms with Crippen molar-refractivity contribution in [3.8, 4) is 0 Å². The zero-order chi connectivity index (χ0) is 9.94. The summed E-state index contributed by atoms with van der Waals surface area (Å²) < 4.78 is 0. The molecule has 0 rings (SSSR count). The van der Waals surface area contributed by atoms with Gasteiger partial charge in [0, 0.05) is 19.2 Å². The van der Waals surface area contributed by atoms with E-state index >= 15 is 0 Å². The van der Waals surface area contributed by atoms with Crippen LogP contribution in [0.25, 0.3) is 0 Å². The molecule has 4 heteroatoms. The van der Waals surface area contributed by atoms with Crippen LogP contribution in [0, 0.1) is 0 Å². The van der Waals surface area contributed by atoms with Crippen LogP contribution in [0.4, 0.5) is 0 Å². The molecule has 74 valence electrons. The quantitative estimate of drug-likeness (QED) is 0.334. The van der Waals surface area contributed by atoms with Crippen molar-refractivity contribution in [2.75, 3.05) is 13.2 Å². The molecule has 0 heterocycles. The minimum atomic E-state index is -0.254. The van der Waals surface area contributed by atoms with Crippen molar-refractivity contribution >= 4 is 12.2 Å². The zero-order valence-corrected chi connectivity index (χ0v) is 7.53. The minimum Gasteiger partial charge on any atom is -0.396 e. The lowest BCUT2D eigenvalue weighted by molar-refractivity contribution is -0.116. The van der Waals surface area contributed by atoms with Gasteiger partial charge in [0.05, 0.1) is 0 Å². The molecule has 13 heavy (non-hydrogen) atoms. The van der Waals surface area contributed by atoms with Crippen LogP contribution in [0.3, 0.4) is 0 Å². The first kappa shape index (κ1) is 11.8. The average Bonchev–Trinajstić information content (AvgIpc) is 2.14. The molecule has 0 atom stereocenters. The molecule has 0 radical (unpaired) electrons. The lowest BCUT2D eigenvalue weighted by Crippen LogP contribution is -2.22. The minimum absolute atomic E-state index is 0.193. The molecule has 0 aliphatic heterocycles. The van der Waals surface area contributed by atoms with E-state index in [1.54, 1.807) is 0 Å². The molecule has 0 bridgehead atoms. The van der Waals surface area contributed by atoms with Crippen LogP contribution < -0.4 is 5.32 Å². The first-order valence-corrected chi connectivity index (χ1v) is 4.31. The van der Waals surface area contributed by atoms with Gasteiger partial charge in [-0.3, -0.25) is 9.59 Å². The van der Waals surface area contributed by atoms with Gasteiger partial charge in [-0.2, -0.15) is 0 Å². The lowest BCUT2D eigenvalue weighted by atomic mass is 10.2. The number of amides is 1. The molecule has 2 N–H and O–H groups in total. The predicted molar refractivity (Wildman–Crippen MR) is 49.2 cm³/mol. The monoisotopic (exact) mass is 185 g/mol. The summed E-state index contributed by atoms with van der Waals surface area (Å²) in [6, 6.07) is 0. The summed E-state index contributed by atoms with van der Waals surface area (Å²) in [4.78, 5) is 20.7. The Labute approximate surface area is 77.6 Å². The van der Waals surface area contributed by atoms with Crippen molar-refractivity contribution in [3.05, 3.63) is 12.2 Å². The molecular formula is C9H15NO3. The van der Waals surface area contributed by atoms with E-state index in [1.807, 2.05) is 0 Å². The zero-order valence-electron chi connectivity index (χ0n) is 7.53. The molecule has 0 aliphatic rings. The third-order valence-electron chi connectivity index (χ3n) is 1.46. The van der Waals surface area contributed by atoms with Gasteiger partial charge in [-0.15, -0.1) is 0 Å². The molecule has 0 spiro atoms. The van der Waals surface area contributed by atoms with E-state index in [0.717, 1.165) is 25.3 Å². The number of allylic oxidation sites excluding steroid dienone is 1. The molecule has 0 aliphatic carbocycles. The fourth-order valence-electron chi connectivity index (χ4n) is 0.811. The van der Waals surface area contributed by atoms with Crippen LogP contribution in [0.5, 0.6) is 0 Å². The van der Waals surface area contributed by atoms with Crippen LogP contribution in [0.1, 0.15) is 19.3 Å². The Balaban J connectivity index is 3.26. The van der Waals surface area contributed by atoms with Crippen LogP contribution in [-0.4, -0.2) is 30.5 Å². The number of carbonyl (C=O) groups excluding carboxylic acids is 2. The van der Waals surface area contributed by atoms with Crippen molar-refractivity contribution in [2.24, 2.45) is 0 Å². The number of aliphatic hydroxyl groups is 1. The maximum absolute atomic E-state index is 10.8. The largest absolute Gasteiger partial charge is 0.396 e. The number of nitrogens with one attached hydrogen (secondary N) is 1. The van der Waals surface area contributed by atoms with Gasteiger partial charge in [-0.05, 0) is 25.3 Å². The number of hydrogen-bond donors (Lipinski definition) is 2. The Morgan fingerprint density at radius 1 is 1.31 bits per heavy atom. The summed E-state index contributed by atoms with van der Waals surface area (Å²) in [7, 11) is 0. The summed E-state index contributed by atoms with van der Waals surface area (Å²) in [5.74, 6) is -0.254. The molecule has 0 aromatic carbocycles. The Bertz CT molecular complexity index is 178. The van der Waals surface area contributed by atoms with E-state index in [2.05, 4.69) is 5.32 Å². The highest BCUT2D eigenvalue weighted by molar-refractivity contribution is 5.90. The summed E-state index contributed by atoms with van der Waals surface area (Å²) in [5.41, 5.74) is 0. The van der Waals surface area contributed by atoms with Crippen LogP contribution in [0.15, 0.2) is 12.2 Å². The highest BCUT2D eigenvalue weighted by Gasteiger charge is 1.93. The second-order valence-electron chi connectivity index (χ2n) is 2.57. The maximum Gasteiger partial charge on any atom is 0.244 e. The topological polar surface area (TPSA) is 66.4 Å². The number of aldehydes is 1. The molecule has 0 fully saturated rings. The molecule has 0 saturated carbocycles. The molecular weight excluding hydrogens is 170 g/mol. The first-order chi connectivity index (χ1) is 6.31. The number of carbonyl (C=O) groups is 2. The van der Waals surface area contributed by atoms with Gasteiger partial charge in [0.2, 0.25) is 5.91 Å². The van der Waals surface area contributed by atoms with Gasteiger partial charge in [-0.25, -0.2) is 0 Å². The van der Waals surface area contributed by atoms with E-state index in [0.29, 0.717) is 12.8 Å². The SMILES string of the molecule is O=CC=CC(=O)NCCCCCO. The number of rotatable bonds is 7. The van der Waals surface area contributed by atoms with E-state index in [-0.39, 0.29) is 12.5 Å². The normalized spacial score (nSPS) is 10.2. The van der Waals surface area contributed by atoms with Crippen LogP contribution >= 0.6 is 0 Å². The number of aliphatic hydroxyl groups excluding tert-OH is 1. The highest BCUT2D eigenvalue weighted by Crippen LogP contribution is 1.91. The van der Waals surface area contributed by atoms with Crippen LogP contribution in [-0.2, 0) is 9.59 Å². The van der Waals surface area contributed by atoms with Crippen LogP contribution in [0.2, 0.25) is 0 Å². The predicted octanol–water partition coefficient (Wildman–Crippen LogP) is 0.0203. The van der Waals surface area contributed by atoms with Gasteiger partial charge in [0.15, 0.2) is 0 Å². The van der Waals surface area contributed by atoms with Gasteiger partial charge in [-0.1, -0.05) is 0 Å². The molecule has 0 aromatic rings. The van der Waals surface area contributed by atoms with Gasteiger partial charge < -0.3 is 10.4 Å². The maximum atomic E-state index is 10.8. The standard InChI is InChI=1S/C9H15NO3/c11-7-3-1-2-6-10-9(13)5-4-8-12/h4-5,8,11H,1-3,6-7H2,(H,10,13). The molecule has 4 nitrogen and oxygen atoms in total. The average molecular weight is 185 g/mol. The third kappa shape index (κ3) is 8.75. The van der Waals surface area contributed by atoms with E-state index in [1.165, 1.54) is 6.08 Å². The summed E-state index contributed by atoms with van der Waals surface area (Å²) in [6.45, 7) is 0.779. The second-order valence-corrected chi connectivity index (χ2v) is 2.57. The van der Waals surface area contributed by atoms with Gasteiger partial charge in [0.1, 0.15) is 6.29 Å². The van der Waals surface area contributed by atoms with E-state index in [4.69, 9.17) is 5.11 Å². The summed E-state index contributed by atoms with van der Waals surface area (Å²) in [5, 5.41) is 11.1. The number of hydrogen-bond acceptors (Lipinski definition) is 3. The Kier molecular flexibility index (Phi) is 8.14. The van der Waals surface area contributed by atoms with Gasteiger partial charge in [0.25, 0.3) is 0 Å². The van der Waals surface area contributed by atoms with Crippen molar-refractivity contribution in [3.63, 3.8) is 0 Å². The number of unbranched alkanes of at least 4 members (excludes halogenated alkanes) is 2. The molecule has 0 aromatic heterocycles. The van der Waals surface area contributed by atoms with Crippen molar-refractivity contribution < 1.29 is 14.7 Å². The third-order valence-corrected chi connectivity index (χ3v) is 1.46. The molecule has 0 saturated heterocycles. The Morgan fingerprint density at radius 2 is 2.08 bits per heavy atom. The first-order valence-electron chi connectivity index (χ1n) is 4.31. The summed E-state index contributed by atoms with van der Waals surface area (Å²) >= 11 is 0. The van der Waals surface area contributed by atoms with E-state index < -0.39 is 0 Å². The van der Waals surface area contributed by atoms with E-state index in [9.17, 15) is 9.59 Å². The van der Waals surface area contributed by atoms with Gasteiger partial charge >= 0.3 is 0 Å². The fourth-order valence-corrected chi connectivity index (χ4v) is 0.811. The molecule has 1 amide bonds. The second kappa shape index (κ2) is 8.93. The smallest absolute Gasteiger partial charge is 0.244 e. The van der Waals surface area contributed by atoms with Crippen molar-refractivity contribution in [1.82, 2.24) is 5.32 Å². The fraction of sp³-hybridized carbons (Fsp3) is 0.556. The lowest BCUT2D eigenvalue weighted by Gasteiger charge is -2.00. The van der Waals surface area contributed by atoms with Crippen molar-refractivity contribution in [1.29, 1.82) is 0 Å². The van der Waals surface area contributed by atoms with Crippen molar-refractivity contribution in [2.45, 2.75) is 19.3 Å². The Morgan fingerprint density at radius 3 is 2.69 bits per heavy atom. The summed E-state index contributed by atoms with van der Waals surface area (Å²) in [6.07, 6.45) is 5.42. The Hall–Kier alpha value is -1.16. The highest BCUT2D eigenvalue weighted by atomic mass is 16.2.